The molecule has 0 aliphatic heterocycles. The largest absolute Gasteiger partial charge is 4.00 e. The van der Waals surface area contributed by atoms with Gasteiger partial charge in [-0.05, 0) is 96.4 Å². The fourth-order valence-corrected chi connectivity index (χ4v) is 8.89. The van der Waals surface area contributed by atoms with Gasteiger partial charge in [-0.1, -0.05) is 91.2 Å². The van der Waals surface area contributed by atoms with E-state index in [4.69, 9.17) is 0 Å². The summed E-state index contributed by atoms with van der Waals surface area (Å²) in [6, 6.07) is 37.5. The van der Waals surface area contributed by atoms with Crippen LogP contribution in [0.15, 0.2) is 131 Å². The van der Waals surface area contributed by atoms with E-state index in [1.807, 2.05) is 86.6 Å². The molecule has 0 amide bonds. The van der Waals surface area contributed by atoms with Gasteiger partial charge in [-0.15, -0.1) is 36.4 Å². The molecule has 6 aromatic carbocycles. The van der Waals surface area contributed by atoms with Crippen molar-refractivity contribution in [3.8, 4) is 0 Å². The van der Waals surface area contributed by atoms with Gasteiger partial charge in [0.05, 0.1) is 9.79 Å². The van der Waals surface area contributed by atoms with Crippen molar-refractivity contribution in [1.82, 2.24) is 0 Å². The fraction of sp³-hybridized carbons (Fsp3) is 0.346. The number of aryl methyl sites for hydroxylation is 2. The van der Waals surface area contributed by atoms with Crippen molar-refractivity contribution >= 4 is 31.4 Å². The van der Waals surface area contributed by atoms with Gasteiger partial charge in [0.25, 0.3) is 20.0 Å². The Morgan fingerprint density at radius 3 is 1.18 bits per heavy atom. The Balaban J connectivity index is 0.000000361. The van der Waals surface area contributed by atoms with Crippen LogP contribution in [0.3, 0.4) is 0 Å². The van der Waals surface area contributed by atoms with Crippen LogP contribution in [0, 0.1) is 61.1 Å². The summed E-state index contributed by atoms with van der Waals surface area (Å²) in [6.45, 7) is 12.5. The molecule has 348 valence electrons. The molecule has 6 rings (SSSR count). The molecule has 0 heterocycles. The van der Waals surface area contributed by atoms with Gasteiger partial charge in [-0.2, -0.15) is 36.4 Å². The van der Waals surface area contributed by atoms with E-state index in [0.717, 1.165) is 111 Å². The average molecular weight is 967 g/mol. The molecule has 2 unspecified atom stereocenters. The van der Waals surface area contributed by atoms with Gasteiger partial charge in [-0.25, -0.2) is 58.7 Å². The predicted molar refractivity (Wildman–Crippen MR) is 252 cm³/mol. The number of unbranched alkanes of at least 4 members (excludes halogenated alkanes) is 2. The number of anilines is 2. The number of nitrogens with one attached hydrogen (secondary N) is 2. The summed E-state index contributed by atoms with van der Waals surface area (Å²) >= 11 is 0. The monoisotopic (exact) mass is 966 g/mol. The van der Waals surface area contributed by atoms with Gasteiger partial charge in [0.1, 0.15) is 0 Å². The normalized spacial score (nSPS) is 11.8. The number of benzene rings is 4. The fourth-order valence-electron chi connectivity index (χ4n) is 6.67. The molecule has 0 aliphatic rings. The topological polar surface area (TPSA) is 92.3 Å². The maximum absolute atomic E-state index is 13.8. The van der Waals surface area contributed by atoms with Gasteiger partial charge in [0, 0.05) is 23.3 Å². The minimum Gasteiger partial charge on any atom is -0.330 e. The number of sulfonamides is 2. The molecule has 6 aromatic rings. The van der Waals surface area contributed by atoms with E-state index in [2.05, 4.69) is 37.1 Å². The summed E-state index contributed by atoms with van der Waals surface area (Å²) in [5.74, 6) is -2.91. The Morgan fingerprint density at radius 2 is 0.908 bits per heavy atom. The van der Waals surface area contributed by atoms with Crippen molar-refractivity contribution < 1.29 is 56.1 Å². The first-order chi connectivity index (χ1) is 30.5. The van der Waals surface area contributed by atoms with Crippen LogP contribution in [-0.4, -0.2) is 16.8 Å². The number of hydrogen-bond donors (Lipinski definition) is 2. The predicted octanol–water partition coefficient (Wildman–Crippen LogP) is 14.1. The molecule has 65 heavy (non-hydrogen) atoms. The summed E-state index contributed by atoms with van der Waals surface area (Å²) in [5, 5.41) is 0. The molecule has 0 bridgehead atoms. The zero-order chi connectivity index (χ0) is 47.1. The minimum absolute atomic E-state index is 0. The molecule has 13 heteroatoms. The van der Waals surface area contributed by atoms with Crippen molar-refractivity contribution in [1.29, 1.82) is 0 Å². The molecular weight excluding hydrogens is 905 g/mol. The quantitative estimate of drug-likeness (QED) is 0.0510. The molecule has 0 radical (unpaired) electrons. The first-order valence-electron chi connectivity index (χ1n) is 21.9. The van der Waals surface area contributed by atoms with Gasteiger partial charge in [0.15, 0.2) is 0 Å². The van der Waals surface area contributed by atoms with Crippen LogP contribution < -0.4 is 9.44 Å². The van der Waals surface area contributed by atoms with Gasteiger partial charge >= 0.3 is 21.7 Å². The molecule has 0 aliphatic carbocycles. The van der Waals surface area contributed by atoms with Gasteiger partial charge in [-0.3, -0.25) is 0 Å². The standard InChI is InChI=1S/2C21H26F2NO2S.2C5H5.Ti/c2*1-4-6-7-16(5-2)12-17-13-19(10-8-15(17)3)27(25,26)24-21-11-9-18(22)14-20(21)23;2*1-2-4-5-3-1;/h2*8-11,13,16,24H,4-7,12H2,1-3H3;2*1-5H;/q4*-1;+4. The van der Waals surface area contributed by atoms with E-state index in [9.17, 15) is 34.4 Å². The Morgan fingerprint density at radius 1 is 0.554 bits per heavy atom. The maximum atomic E-state index is 13.8. The van der Waals surface area contributed by atoms with Crippen LogP contribution in [0.2, 0.25) is 0 Å². The van der Waals surface area contributed by atoms with Crippen molar-refractivity contribution in [3.05, 3.63) is 179 Å². The maximum Gasteiger partial charge on any atom is 4.00 e. The van der Waals surface area contributed by atoms with E-state index >= 15 is 0 Å². The van der Waals surface area contributed by atoms with Crippen LogP contribution in [0.4, 0.5) is 28.9 Å². The molecule has 0 saturated heterocycles. The van der Waals surface area contributed by atoms with Crippen LogP contribution in [-0.2, 0) is 54.6 Å². The third-order valence-electron chi connectivity index (χ3n) is 10.7. The Bertz CT molecular complexity index is 2270. The SMILES string of the molecule is CCCCC(CC)Cc1cc(S(=O)(=O)Nc2ccc(F)[c-]c2F)ccc1C.CCCCC(CC)Cc1cc(S(=O)(=O)Nc2ccc(F)[c-]c2F)ccc1C.[Ti+4].c1cc[cH-]c1.c1cc[cH-]c1. The summed E-state index contributed by atoms with van der Waals surface area (Å²) in [7, 11) is -7.96. The van der Waals surface area contributed by atoms with Gasteiger partial charge < -0.3 is 9.44 Å². The number of rotatable bonds is 18. The second-order valence-electron chi connectivity index (χ2n) is 15.6. The molecule has 0 spiro atoms. The Labute approximate surface area is 401 Å². The minimum atomic E-state index is -3.98. The second-order valence-corrected chi connectivity index (χ2v) is 19.0. The summed E-state index contributed by atoms with van der Waals surface area (Å²) in [4.78, 5) is 0.134. The Kier molecular flexibility index (Phi) is 25.5. The average Bonchev–Trinajstić information content (AvgIpc) is 4.06. The third kappa shape index (κ3) is 19.9. The Hall–Kier alpha value is -4.49. The van der Waals surface area contributed by atoms with E-state index in [1.54, 1.807) is 24.3 Å². The van der Waals surface area contributed by atoms with Crippen LogP contribution >= 0.6 is 0 Å². The number of hydrogen-bond acceptors (Lipinski definition) is 4. The number of halogens is 4. The third-order valence-corrected chi connectivity index (χ3v) is 13.4. The molecule has 0 saturated carbocycles. The van der Waals surface area contributed by atoms with E-state index < -0.39 is 43.3 Å². The van der Waals surface area contributed by atoms with Crippen molar-refractivity contribution in [2.45, 2.75) is 116 Å². The van der Waals surface area contributed by atoms with Gasteiger partial charge in [0.2, 0.25) is 0 Å². The molecule has 2 atom stereocenters. The van der Waals surface area contributed by atoms with Crippen LogP contribution in [0.5, 0.6) is 0 Å². The second kappa shape index (κ2) is 29.2. The molecule has 6 nitrogen and oxygen atoms in total. The zero-order valence-electron chi connectivity index (χ0n) is 38.2. The molecule has 0 aromatic heterocycles. The van der Waals surface area contributed by atoms with Crippen LogP contribution in [0.25, 0.3) is 0 Å². The molecular formula is C52H62F4N2O4S2Ti. The van der Waals surface area contributed by atoms with Crippen molar-refractivity contribution in [3.63, 3.8) is 0 Å². The van der Waals surface area contributed by atoms with E-state index in [0.29, 0.717) is 11.8 Å². The molecule has 0 fully saturated rings. The smallest absolute Gasteiger partial charge is 0.330 e. The zero-order valence-corrected chi connectivity index (χ0v) is 41.4. The van der Waals surface area contributed by atoms with E-state index in [-0.39, 0.29) is 42.9 Å². The molecule has 2 N–H and O–H groups in total. The van der Waals surface area contributed by atoms with Crippen molar-refractivity contribution in [2.24, 2.45) is 11.8 Å². The summed E-state index contributed by atoms with van der Waals surface area (Å²) < 4.78 is 108. The first kappa shape index (κ1) is 56.6. The van der Waals surface area contributed by atoms with Crippen LogP contribution in [0.1, 0.15) is 101 Å². The summed E-state index contributed by atoms with van der Waals surface area (Å²) in [5.41, 5.74) is 3.37. The van der Waals surface area contributed by atoms with E-state index in [1.165, 1.54) is 12.1 Å². The summed E-state index contributed by atoms with van der Waals surface area (Å²) in [6.07, 6.45) is 10.5. The van der Waals surface area contributed by atoms with Crippen molar-refractivity contribution in [2.75, 3.05) is 9.44 Å². The first-order valence-corrected chi connectivity index (χ1v) is 24.8.